The molecule has 0 N–H and O–H groups in total. The van der Waals surface area contributed by atoms with Gasteiger partial charge in [0.25, 0.3) is 0 Å². The Kier molecular flexibility index (Phi) is 3.01. The molecule has 1 aromatic rings. The van der Waals surface area contributed by atoms with E-state index in [1.54, 1.807) is 6.21 Å². The van der Waals surface area contributed by atoms with Crippen LogP contribution in [0.25, 0.3) is 6.08 Å². The first-order valence-corrected chi connectivity index (χ1v) is 4.35. The number of imidazole rings is 1. The zero-order chi connectivity index (χ0) is 9.84. The zero-order valence-corrected chi connectivity index (χ0v) is 8.57. The van der Waals surface area contributed by atoms with Crippen LogP contribution in [0.15, 0.2) is 11.1 Å². The Bertz CT molecular complexity index is 345. The molecule has 3 heteroatoms. The summed E-state index contributed by atoms with van der Waals surface area (Å²) in [5.74, 6) is 1.77. The van der Waals surface area contributed by atoms with E-state index in [1.807, 2.05) is 44.5 Å². The highest BCUT2D eigenvalue weighted by Crippen LogP contribution is 2.19. The van der Waals surface area contributed by atoms with Gasteiger partial charge in [-0.15, -0.1) is 0 Å². The van der Waals surface area contributed by atoms with Gasteiger partial charge in [-0.1, -0.05) is 6.08 Å². The molecule has 0 amide bonds. The van der Waals surface area contributed by atoms with E-state index in [0.717, 1.165) is 17.3 Å². The summed E-state index contributed by atoms with van der Waals surface area (Å²) in [4.78, 5) is 8.53. The maximum Gasteiger partial charge on any atom is 0.177 e. The quantitative estimate of drug-likeness (QED) is 0.638. The van der Waals surface area contributed by atoms with Crippen LogP contribution in [-0.2, 0) is 7.05 Å². The van der Waals surface area contributed by atoms with E-state index < -0.39 is 0 Å². The second kappa shape index (κ2) is 4.03. The molecular formula is C10H15N3. The van der Waals surface area contributed by atoms with Crippen LogP contribution in [0.1, 0.15) is 25.4 Å². The monoisotopic (exact) mass is 177 g/mol. The van der Waals surface area contributed by atoms with E-state index in [0.29, 0.717) is 0 Å². The summed E-state index contributed by atoms with van der Waals surface area (Å²) in [6.45, 7) is 5.85. The normalized spacial score (nSPS) is 12.0. The summed E-state index contributed by atoms with van der Waals surface area (Å²) in [6, 6.07) is 0. The predicted octanol–water partition coefficient (Wildman–Crippen LogP) is 2.48. The van der Waals surface area contributed by atoms with Gasteiger partial charge >= 0.3 is 0 Å². The van der Waals surface area contributed by atoms with Crippen molar-refractivity contribution >= 4 is 18.1 Å². The van der Waals surface area contributed by atoms with Crippen LogP contribution in [0, 0.1) is 6.92 Å². The molecule has 70 valence electrons. The first-order valence-electron chi connectivity index (χ1n) is 4.35. The minimum absolute atomic E-state index is 0.792. The van der Waals surface area contributed by atoms with Crippen molar-refractivity contribution in [1.82, 2.24) is 9.55 Å². The van der Waals surface area contributed by atoms with Crippen molar-refractivity contribution in [2.24, 2.45) is 12.0 Å². The Balaban J connectivity index is 3.26. The number of rotatable bonds is 2. The fraction of sp³-hybridized carbons (Fsp3) is 0.400. The predicted molar refractivity (Wildman–Crippen MR) is 56.5 cm³/mol. The molecule has 0 aromatic carbocycles. The molecule has 0 aliphatic heterocycles. The molecule has 0 spiro atoms. The molecular weight excluding hydrogens is 162 g/mol. The largest absolute Gasteiger partial charge is 0.330 e. The lowest BCUT2D eigenvalue weighted by atomic mass is 10.4. The number of aryl methyl sites for hydroxylation is 1. The van der Waals surface area contributed by atoms with Crippen LogP contribution in [-0.4, -0.2) is 15.8 Å². The minimum Gasteiger partial charge on any atom is -0.330 e. The molecule has 1 aromatic heterocycles. The number of hydrogen-bond acceptors (Lipinski definition) is 2. The number of nitrogens with zero attached hydrogens (tertiary/aromatic N) is 3. The smallest absolute Gasteiger partial charge is 0.177 e. The molecule has 1 rings (SSSR count). The average molecular weight is 177 g/mol. The fourth-order valence-electron chi connectivity index (χ4n) is 1.17. The van der Waals surface area contributed by atoms with Gasteiger partial charge in [0.1, 0.15) is 5.82 Å². The van der Waals surface area contributed by atoms with E-state index in [1.165, 1.54) is 0 Å². The van der Waals surface area contributed by atoms with E-state index in [2.05, 4.69) is 9.98 Å². The molecule has 0 unspecified atom stereocenters. The topological polar surface area (TPSA) is 30.2 Å². The number of aliphatic imine (C=N–C) groups is 1. The van der Waals surface area contributed by atoms with E-state index in [9.17, 15) is 0 Å². The van der Waals surface area contributed by atoms with Crippen molar-refractivity contribution in [1.29, 1.82) is 0 Å². The molecule has 0 atom stereocenters. The molecule has 0 aliphatic carbocycles. The molecule has 0 fully saturated rings. The summed E-state index contributed by atoms with van der Waals surface area (Å²) < 4.78 is 2.03. The first-order chi connectivity index (χ1) is 6.20. The Hall–Kier alpha value is -1.38. The Morgan fingerprint density at radius 3 is 2.62 bits per heavy atom. The van der Waals surface area contributed by atoms with Gasteiger partial charge in [-0.2, -0.15) is 0 Å². The number of allylic oxidation sites excluding steroid dienone is 1. The van der Waals surface area contributed by atoms with E-state index in [-0.39, 0.29) is 0 Å². The molecule has 0 saturated carbocycles. The molecule has 0 aliphatic rings. The summed E-state index contributed by atoms with van der Waals surface area (Å²) in [5.41, 5.74) is 1.05. The van der Waals surface area contributed by atoms with Crippen LogP contribution in [0.4, 0.5) is 5.82 Å². The maximum atomic E-state index is 4.33. The van der Waals surface area contributed by atoms with Crippen molar-refractivity contribution in [3.8, 4) is 0 Å². The Morgan fingerprint density at radius 2 is 2.08 bits per heavy atom. The van der Waals surface area contributed by atoms with Gasteiger partial charge in [-0.3, -0.25) is 0 Å². The summed E-state index contributed by atoms with van der Waals surface area (Å²) in [7, 11) is 1.99. The van der Waals surface area contributed by atoms with Crippen LogP contribution in [0.3, 0.4) is 0 Å². The highest BCUT2D eigenvalue weighted by molar-refractivity contribution is 5.65. The third-order valence-electron chi connectivity index (χ3n) is 1.92. The average Bonchev–Trinajstić information content (AvgIpc) is 2.34. The lowest BCUT2D eigenvalue weighted by molar-refractivity contribution is 0.849. The van der Waals surface area contributed by atoms with Gasteiger partial charge in [0.15, 0.2) is 5.82 Å². The van der Waals surface area contributed by atoms with Gasteiger partial charge in [0.2, 0.25) is 0 Å². The lowest BCUT2D eigenvalue weighted by Gasteiger charge is -1.97. The van der Waals surface area contributed by atoms with Crippen LogP contribution in [0.5, 0.6) is 0 Å². The van der Waals surface area contributed by atoms with Gasteiger partial charge in [-0.25, -0.2) is 9.98 Å². The minimum atomic E-state index is 0.792. The zero-order valence-electron chi connectivity index (χ0n) is 8.57. The van der Waals surface area contributed by atoms with Crippen LogP contribution < -0.4 is 0 Å². The first kappa shape index (κ1) is 9.71. The highest BCUT2D eigenvalue weighted by atomic mass is 15.1. The SMILES string of the molecule is C/C=C\c1c(/N=C\C)nc(C)n1C. The molecule has 0 saturated heterocycles. The summed E-state index contributed by atoms with van der Waals surface area (Å²) in [6.07, 6.45) is 5.77. The van der Waals surface area contributed by atoms with Gasteiger partial charge in [0.05, 0.1) is 5.69 Å². The standard InChI is InChI=1S/C10H15N3/c1-5-7-9-10(11-6-2)12-8(3)13(9)4/h5-7H,1-4H3/b7-5-,11-6-. The summed E-state index contributed by atoms with van der Waals surface area (Å²) in [5, 5.41) is 0. The highest BCUT2D eigenvalue weighted by Gasteiger charge is 2.06. The van der Waals surface area contributed by atoms with Crippen molar-refractivity contribution < 1.29 is 0 Å². The lowest BCUT2D eigenvalue weighted by Crippen LogP contribution is -1.93. The molecule has 3 nitrogen and oxygen atoms in total. The third-order valence-corrected chi connectivity index (χ3v) is 1.92. The van der Waals surface area contributed by atoms with Gasteiger partial charge in [0, 0.05) is 13.3 Å². The second-order valence-electron chi connectivity index (χ2n) is 2.81. The van der Waals surface area contributed by atoms with Crippen molar-refractivity contribution in [2.75, 3.05) is 0 Å². The summed E-state index contributed by atoms with van der Waals surface area (Å²) >= 11 is 0. The maximum absolute atomic E-state index is 4.33. The molecule has 0 radical (unpaired) electrons. The van der Waals surface area contributed by atoms with Crippen LogP contribution in [0.2, 0.25) is 0 Å². The van der Waals surface area contributed by atoms with Crippen molar-refractivity contribution in [3.63, 3.8) is 0 Å². The third kappa shape index (κ3) is 1.86. The van der Waals surface area contributed by atoms with Gasteiger partial charge in [-0.05, 0) is 26.8 Å². The fourth-order valence-corrected chi connectivity index (χ4v) is 1.17. The second-order valence-corrected chi connectivity index (χ2v) is 2.81. The van der Waals surface area contributed by atoms with Crippen molar-refractivity contribution in [3.05, 3.63) is 17.6 Å². The Morgan fingerprint density at radius 1 is 1.38 bits per heavy atom. The van der Waals surface area contributed by atoms with Crippen molar-refractivity contribution in [2.45, 2.75) is 20.8 Å². The number of hydrogen-bond donors (Lipinski definition) is 0. The van der Waals surface area contributed by atoms with Gasteiger partial charge < -0.3 is 4.57 Å². The molecule has 1 heterocycles. The molecule has 0 bridgehead atoms. The Labute approximate surface area is 78.8 Å². The number of aromatic nitrogens is 2. The molecule has 13 heavy (non-hydrogen) atoms. The van der Waals surface area contributed by atoms with Crippen LogP contribution >= 0.6 is 0 Å². The van der Waals surface area contributed by atoms with E-state index in [4.69, 9.17) is 0 Å². The van der Waals surface area contributed by atoms with E-state index >= 15 is 0 Å².